The van der Waals surface area contributed by atoms with Gasteiger partial charge in [-0.25, -0.2) is 0 Å². The quantitative estimate of drug-likeness (QED) is 0.602. The number of tetrazole rings is 1. The topological polar surface area (TPSA) is 131 Å². The van der Waals surface area contributed by atoms with E-state index in [0.29, 0.717) is 19.0 Å². The van der Waals surface area contributed by atoms with Gasteiger partial charge >= 0.3 is 0 Å². The fourth-order valence-corrected chi connectivity index (χ4v) is 2.25. The zero-order chi connectivity index (χ0) is 15.2. The smallest absolute Gasteiger partial charge is 0.223 e. The van der Waals surface area contributed by atoms with Crippen LogP contribution in [0.25, 0.3) is 0 Å². The summed E-state index contributed by atoms with van der Waals surface area (Å²) >= 11 is 0. The van der Waals surface area contributed by atoms with E-state index in [4.69, 9.17) is 10.5 Å². The highest BCUT2D eigenvalue weighted by molar-refractivity contribution is 5.52. The molecule has 0 unspecified atom stereocenters. The number of morpholine rings is 1. The molecule has 0 bridgehead atoms. The van der Waals surface area contributed by atoms with Gasteiger partial charge in [0, 0.05) is 32.1 Å². The summed E-state index contributed by atoms with van der Waals surface area (Å²) in [5, 5.41) is 17.0. The predicted octanol–water partition coefficient (Wildman–Crippen LogP) is -0.547. The molecule has 0 atom stereocenters. The number of nitrogens with one attached hydrogen (secondary N) is 2. The number of aromatic amines is 1. The Balaban J connectivity index is 1.55. The molecule has 10 nitrogen and oxygen atoms in total. The molecule has 0 saturated carbocycles. The van der Waals surface area contributed by atoms with Gasteiger partial charge in [0.2, 0.25) is 5.95 Å². The maximum atomic E-state index is 5.79. The van der Waals surface area contributed by atoms with E-state index >= 15 is 0 Å². The van der Waals surface area contributed by atoms with E-state index in [1.807, 2.05) is 6.07 Å². The Kier molecular flexibility index (Phi) is 4.59. The van der Waals surface area contributed by atoms with Crippen molar-refractivity contribution in [3.05, 3.63) is 11.9 Å². The fraction of sp³-hybridized carbons (Fsp3) is 0.583. The van der Waals surface area contributed by atoms with Crippen molar-refractivity contribution in [3.8, 4) is 0 Å². The first-order valence-corrected chi connectivity index (χ1v) is 7.25. The fourth-order valence-electron chi connectivity index (χ4n) is 2.25. The summed E-state index contributed by atoms with van der Waals surface area (Å²) < 4.78 is 5.35. The normalized spacial score (nSPS) is 15.0. The molecule has 1 fully saturated rings. The highest BCUT2D eigenvalue weighted by Crippen LogP contribution is 2.18. The number of nitrogens with two attached hydrogens (primary N) is 1. The van der Waals surface area contributed by atoms with E-state index in [0.717, 1.165) is 44.1 Å². The van der Waals surface area contributed by atoms with Crippen molar-refractivity contribution in [2.75, 3.05) is 48.8 Å². The Hall–Kier alpha value is -2.49. The molecule has 0 aliphatic carbocycles. The van der Waals surface area contributed by atoms with Crippen LogP contribution in [0.5, 0.6) is 0 Å². The van der Waals surface area contributed by atoms with E-state index < -0.39 is 0 Å². The standard InChI is InChI=1S/C12H19N9O/c13-12-15-10(14-3-1-2-9-17-19-20-18-9)8-11(16-12)21-4-6-22-7-5-21/h8H,1-7H2,(H3,13,14,15,16)(H,17,18,19,20). The van der Waals surface area contributed by atoms with Crippen LogP contribution in [0, 0.1) is 0 Å². The SMILES string of the molecule is Nc1nc(NCCCc2nn[nH]n2)cc(N2CCOCC2)n1. The predicted molar refractivity (Wildman–Crippen MR) is 80.5 cm³/mol. The number of nitrogen functional groups attached to an aromatic ring is 1. The van der Waals surface area contributed by atoms with Crippen molar-refractivity contribution < 1.29 is 4.74 Å². The third-order valence-electron chi connectivity index (χ3n) is 3.34. The molecule has 22 heavy (non-hydrogen) atoms. The number of anilines is 3. The molecule has 4 N–H and O–H groups in total. The summed E-state index contributed by atoms with van der Waals surface area (Å²) in [4.78, 5) is 10.6. The van der Waals surface area contributed by atoms with Gasteiger partial charge in [-0.1, -0.05) is 5.21 Å². The van der Waals surface area contributed by atoms with Gasteiger partial charge in [0.15, 0.2) is 5.82 Å². The Morgan fingerprint density at radius 1 is 1.32 bits per heavy atom. The van der Waals surface area contributed by atoms with Crippen molar-refractivity contribution in [1.82, 2.24) is 30.6 Å². The maximum Gasteiger partial charge on any atom is 0.223 e. The number of hydrogen-bond donors (Lipinski definition) is 3. The van der Waals surface area contributed by atoms with Crippen molar-refractivity contribution in [1.29, 1.82) is 0 Å². The minimum absolute atomic E-state index is 0.268. The lowest BCUT2D eigenvalue weighted by atomic mass is 10.3. The first kappa shape index (κ1) is 14.4. The zero-order valence-electron chi connectivity index (χ0n) is 12.2. The van der Waals surface area contributed by atoms with Gasteiger partial charge < -0.3 is 20.7 Å². The van der Waals surface area contributed by atoms with Gasteiger partial charge in [-0.05, 0) is 6.42 Å². The number of aromatic nitrogens is 6. The molecule has 1 aliphatic rings. The molecule has 2 aromatic heterocycles. The third kappa shape index (κ3) is 3.79. The van der Waals surface area contributed by atoms with Gasteiger partial charge in [-0.3, -0.25) is 0 Å². The van der Waals surface area contributed by atoms with Gasteiger partial charge in [0.05, 0.1) is 13.2 Å². The molecular weight excluding hydrogens is 286 g/mol. The number of nitrogens with zero attached hydrogens (tertiary/aromatic N) is 6. The Morgan fingerprint density at radius 2 is 2.18 bits per heavy atom. The lowest BCUT2D eigenvalue weighted by Crippen LogP contribution is -2.37. The van der Waals surface area contributed by atoms with E-state index in [2.05, 4.69) is 40.8 Å². The highest BCUT2D eigenvalue weighted by atomic mass is 16.5. The minimum atomic E-state index is 0.268. The molecular formula is C12H19N9O. The average Bonchev–Trinajstić information content (AvgIpc) is 3.05. The van der Waals surface area contributed by atoms with Crippen LogP contribution in [-0.4, -0.2) is 63.4 Å². The van der Waals surface area contributed by atoms with E-state index in [-0.39, 0.29) is 5.95 Å². The van der Waals surface area contributed by atoms with Crippen molar-refractivity contribution in [3.63, 3.8) is 0 Å². The van der Waals surface area contributed by atoms with Crippen LogP contribution in [0.1, 0.15) is 12.2 Å². The largest absolute Gasteiger partial charge is 0.378 e. The molecule has 1 aliphatic heterocycles. The van der Waals surface area contributed by atoms with Gasteiger partial charge in [0.1, 0.15) is 11.6 Å². The van der Waals surface area contributed by atoms with Crippen LogP contribution in [0.2, 0.25) is 0 Å². The molecule has 3 heterocycles. The highest BCUT2D eigenvalue weighted by Gasteiger charge is 2.14. The van der Waals surface area contributed by atoms with Crippen molar-refractivity contribution >= 4 is 17.6 Å². The van der Waals surface area contributed by atoms with E-state index in [9.17, 15) is 0 Å². The lowest BCUT2D eigenvalue weighted by molar-refractivity contribution is 0.122. The number of aryl methyl sites for hydroxylation is 1. The molecule has 10 heteroatoms. The Labute approximate surface area is 127 Å². The van der Waals surface area contributed by atoms with Crippen LogP contribution in [0.3, 0.4) is 0 Å². The van der Waals surface area contributed by atoms with E-state index in [1.54, 1.807) is 0 Å². The van der Waals surface area contributed by atoms with Gasteiger partial charge in [-0.15, -0.1) is 10.2 Å². The summed E-state index contributed by atoms with van der Waals surface area (Å²) in [5.41, 5.74) is 5.79. The Bertz CT molecular complexity index is 582. The summed E-state index contributed by atoms with van der Waals surface area (Å²) in [6.45, 7) is 3.78. The third-order valence-corrected chi connectivity index (χ3v) is 3.34. The Morgan fingerprint density at radius 3 is 2.95 bits per heavy atom. The van der Waals surface area contributed by atoms with E-state index in [1.165, 1.54) is 0 Å². The molecule has 0 aromatic carbocycles. The molecule has 0 radical (unpaired) electrons. The summed E-state index contributed by atoms with van der Waals surface area (Å²) in [6, 6.07) is 1.91. The van der Waals surface area contributed by atoms with Crippen LogP contribution in [0.15, 0.2) is 6.07 Å². The molecule has 118 valence electrons. The molecule has 0 amide bonds. The van der Waals surface area contributed by atoms with Gasteiger partial charge in [0.25, 0.3) is 0 Å². The molecule has 2 aromatic rings. The molecule has 1 saturated heterocycles. The molecule has 3 rings (SSSR count). The van der Waals surface area contributed by atoms with Crippen LogP contribution in [-0.2, 0) is 11.2 Å². The summed E-state index contributed by atoms with van der Waals surface area (Å²) in [6.07, 6.45) is 1.62. The van der Waals surface area contributed by atoms with Crippen molar-refractivity contribution in [2.24, 2.45) is 0 Å². The lowest BCUT2D eigenvalue weighted by Gasteiger charge is -2.28. The average molecular weight is 305 g/mol. The number of hydrogen-bond acceptors (Lipinski definition) is 9. The van der Waals surface area contributed by atoms with Crippen LogP contribution < -0.4 is 16.0 Å². The second kappa shape index (κ2) is 6.98. The summed E-state index contributed by atoms with van der Waals surface area (Å²) in [7, 11) is 0. The van der Waals surface area contributed by atoms with Crippen LogP contribution in [0.4, 0.5) is 17.6 Å². The number of ether oxygens (including phenoxy) is 1. The maximum absolute atomic E-state index is 5.79. The number of rotatable bonds is 6. The van der Waals surface area contributed by atoms with Gasteiger partial charge in [-0.2, -0.15) is 15.2 Å². The monoisotopic (exact) mass is 305 g/mol. The van der Waals surface area contributed by atoms with Crippen LogP contribution >= 0.6 is 0 Å². The second-order valence-corrected chi connectivity index (χ2v) is 4.93. The summed E-state index contributed by atoms with van der Waals surface area (Å²) in [5.74, 6) is 2.53. The van der Waals surface area contributed by atoms with Crippen molar-refractivity contribution in [2.45, 2.75) is 12.8 Å². The first-order valence-electron chi connectivity index (χ1n) is 7.25. The number of H-pyrrole nitrogens is 1. The first-order chi connectivity index (χ1) is 10.8. The second-order valence-electron chi connectivity index (χ2n) is 4.93. The molecule has 0 spiro atoms. The zero-order valence-corrected chi connectivity index (χ0v) is 12.2. The minimum Gasteiger partial charge on any atom is -0.378 e.